The largest absolute Gasteiger partial charge is 0.493 e. The van der Waals surface area contributed by atoms with Crippen LogP contribution in [0.25, 0.3) is 0 Å². The quantitative estimate of drug-likeness (QED) is 0.548. The zero-order chi connectivity index (χ0) is 12.8. The average molecular weight is 240 g/mol. The van der Waals surface area contributed by atoms with Gasteiger partial charge in [-0.2, -0.15) is 0 Å². The zero-order valence-corrected chi connectivity index (χ0v) is 9.26. The average Bonchev–Trinajstić information content (AvgIpc) is 2.34. The SMILES string of the molecule is COc1cc(CO[C]=O)c([N+](=O)[O-])cc1OC. The van der Waals surface area contributed by atoms with Crippen LogP contribution in [-0.4, -0.2) is 25.6 Å². The second kappa shape index (κ2) is 5.69. The van der Waals surface area contributed by atoms with Crippen molar-refractivity contribution in [2.45, 2.75) is 6.61 Å². The predicted octanol–water partition coefficient (Wildman–Crippen LogP) is 1.20. The van der Waals surface area contributed by atoms with Gasteiger partial charge in [0.25, 0.3) is 5.69 Å². The molecular weight excluding hydrogens is 230 g/mol. The van der Waals surface area contributed by atoms with Crippen LogP contribution in [0.1, 0.15) is 5.56 Å². The molecule has 0 bridgehead atoms. The number of carbonyl (C=O) groups excluding carboxylic acids is 1. The lowest BCUT2D eigenvalue weighted by molar-refractivity contribution is -0.385. The maximum atomic E-state index is 10.8. The Morgan fingerprint density at radius 3 is 2.35 bits per heavy atom. The Morgan fingerprint density at radius 1 is 1.29 bits per heavy atom. The Labute approximate surface area is 97.0 Å². The van der Waals surface area contributed by atoms with Gasteiger partial charge in [0, 0.05) is 0 Å². The van der Waals surface area contributed by atoms with E-state index in [4.69, 9.17) is 9.47 Å². The third-order valence-electron chi connectivity index (χ3n) is 2.07. The molecule has 0 aliphatic heterocycles. The summed E-state index contributed by atoms with van der Waals surface area (Å²) >= 11 is 0. The summed E-state index contributed by atoms with van der Waals surface area (Å²) in [4.78, 5) is 20.2. The van der Waals surface area contributed by atoms with E-state index in [-0.39, 0.29) is 23.6 Å². The molecule has 0 fully saturated rings. The molecule has 0 saturated heterocycles. The van der Waals surface area contributed by atoms with Crippen molar-refractivity contribution in [3.8, 4) is 11.5 Å². The van der Waals surface area contributed by atoms with Crippen molar-refractivity contribution in [2.75, 3.05) is 14.2 Å². The van der Waals surface area contributed by atoms with Crippen LogP contribution in [0.15, 0.2) is 12.1 Å². The highest BCUT2D eigenvalue weighted by atomic mass is 16.6. The molecule has 0 aliphatic carbocycles. The van der Waals surface area contributed by atoms with Gasteiger partial charge < -0.3 is 14.2 Å². The van der Waals surface area contributed by atoms with E-state index in [1.54, 1.807) is 0 Å². The molecule has 0 amide bonds. The van der Waals surface area contributed by atoms with Gasteiger partial charge in [0.1, 0.15) is 6.61 Å². The number of nitro benzene ring substituents is 1. The van der Waals surface area contributed by atoms with Gasteiger partial charge in [-0.05, 0) is 6.07 Å². The number of nitrogens with zero attached hydrogens (tertiary/aromatic N) is 1. The highest BCUT2D eigenvalue weighted by molar-refractivity contribution is 5.54. The minimum Gasteiger partial charge on any atom is -0.493 e. The second-order valence-corrected chi connectivity index (χ2v) is 2.97. The Kier molecular flexibility index (Phi) is 4.27. The molecule has 1 radical (unpaired) electrons. The van der Waals surface area contributed by atoms with E-state index < -0.39 is 4.92 Å². The molecule has 17 heavy (non-hydrogen) atoms. The first-order chi connectivity index (χ1) is 8.13. The molecule has 1 aromatic carbocycles. The zero-order valence-electron chi connectivity index (χ0n) is 9.26. The van der Waals surface area contributed by atoms with Crippen LogP contribution >= 0.6 is 0 Å². The Morgan fingerprint density at radius 2 is 1.88 bits per heavy atom. The van der Waals surface area contributed by atoms with Crippen LogP contribution in [-0.2, 0) is 16.1 Å². The molecule has 1 rings (SSSR count). The van der Waals surface area contributed by atoms with E-state index >= 15 is 0 Å². The van der Waals surface area contributed by atoms with E-state index in [1.807, 2.05) is 0 Å². The molecule has 91 valence electrons. The van der Waals surface area contributed by atoms with Gasteiger partial charge in [0.15, 0.2) is 11.5 Å². The predicted molar refractivity (Wildman–Crippen MR) is 56.7 cm³/mol. The fourth-order valence-electron chi connectivity index (χ4n) is 1.30. The van der Waals surface area contributed by atoms with Gasteiger partial charge in [-0.25, -0.2) is 4.79 Å². The first-order valence-electron chi connectivity index (χ1n) is 4.52. The van der Waals surface area contributed by atoms with Crippen molar-refractivity contribution in [3.05, 3.63) is 27.8 Å². The highest BCUT2D eigenvalue weighted by Gasteiger charge is 2.19. The lowest BCUT2D eigenvalue weighted by Crippen LogP contribution is -2.00. The molecule has 0 spiro atoms. The number of hydrogen-bond donors (Lipinski definition) is 0. The Hall–Kier alpha value is -2.31. The summed E-state index contributed by atoms with van der Waals surface area (Å²) in [5.74, 6) is 0.556. The lowest BCUT2D eigenvalue weighted by Gasteiger charge is -2.09. The molecular formula is C10H10NO6. The number of ether oxygens (including phenoxy) is 3. The summed E-state index contributed by atoms with van der Waals surface area (Å²) < 4.78 is 14.3. The maximum Gasteiger partial charge on any atom is 0.417 e. The van der Waals surface area contributed by atoms with Crippen LogP contribution in [0.5, 0.6) is 11.5 Å². The van der Waals surface area contributed by atoms with Crippen molar-refractivity contribution in [1.29, 1.82) is 0 Å². The summed E-state index contributed by atoms with van der Waals surface area (Å²) in [6, 6.07) is 2.59. The summed E-state index contributed by atoms with van der Waals surface area (Å²) in [5, 5.41) is 10.8. The van der Waals surface area contributed by atoms with E-state index in [2.05, 4.69) is 4.74 Å². The maximum absolute atomic E-state index is 10.8. The van der Waals surface area contributed by atoms with Crippen LogP contribution < -0.4 is 9.47 Å². The van der Waals surface area contributed by atoms with Crippen LogP contribution in [0.2, 0.25) is 0 Å². The molecule has 0 aromatic heterocycles. The van der Waals surface area contributed by atoms with Crippen molar-refractivity contribution in [3.63, 3.8) is 0 Å². The van der Waals surface area contributed by atoms with Gasteiger partial charge >= 0.3 is 6.47 Å². The molecule has 0 saturated carbocycles. The Balaban J connectivity index is 3.24. The number of benzene rings is 1. The molecule has 0 aliphatic rings. The van der Waals surface area contributed by atoms with Crippen LogP contribution in [0.3, 0.4) is 0 Å². The molecule has 0 unspecified atom stereocenters. The van der Waals surface area contributed by atoms with Crippen molar-refractivity contribution >= 4 is 12.2 Å². The van der Waals surface area contributed by atoms with Crippen LogP contribution in [0, 0.1) is 10.1 Å². The molecule has 0 atom stereocenters. The third-order valence-corrected chi connectivity index (χ3v) is 2.07. The van der Waals surface area contributed by atoms with Crippen molar-refractivity contribution < 1.29 is 23.9 Å². The molecule has 0 N–H and O–H groups in total. The third kappa shape index (κ3) is 2.83. The number of hydrogen-bond acceptors (Lipinski definition) is 6. The number of nitro groups is 1. The second-order valence-electron chi connectivity index (χ2n) is 2.97. The topological polar surface area (TPSA) is 87.9 Å². The van der Waals surface area contributed by atoms with Crippen molar-refractivity contribution in [2.24, 2.45) is 0 Å². The number of rotatable bonds is 6. The van der Waals surface area contributed by atoms with Gasteiger partial charge in [-0.15, -0.1) is 0 Å². The Bertz CT molecular complexity index is 431. The van der Waals surface area contributed by atoms with Gasteiger partial charge in [-0.3, -0.25) is 10.1 Å². The van der Waals surface area contributed by atoms with Gasteiger partial charge in [0.05, 0.1) is 30.8 Å². The fraction of sp³-hybridized carbons (Fsp3) is 0.300. The van der Waals surface area contributed by atoms with E-state index in [9.17, 15) is 14.9 Å². The summed E-state index contributed by atoms with van der Waals surface area (Å²) in [6.07, 6.45) is 0. The minimum atomic E-state index is -0.592. The van der Waals surface area contributed by atoms with Gasteiger partial charge in [-0.1, -0.05) is 0 Å². The summed E-state index contributed by atoms with van der Waals surface area (Å²) in [6.45, 7) is 0.954. The molecule has 0 heterocycles. The fourth-order valence-corrected chi connectivity index (χ4v) is 1.30. The van der Waals surface area contributed by atoms with Crippen LogP contribution in [0.4, 0.5) is 5.69 Å². The smallest absolute Gasteiger partial charge is 0.417 e. The summed E-state index contributed by atoms with van der Waals surface area (Å²) in [7, 11) is 2.77. The van der Waals surface area contributed by atoms with E-state index in [0.717, 1.165) is 0 Å². The number of methoxy groups -OCH3 is 2. The lowest BCUT2D eigenvalue weighted by atomic mass is 10.1. The van der Waals surface area contributed by atoms with Crippen molar-refractivity contribution in [1.82, 2.24) is 0 Å². The summed E-state index contributed by atoms with van der Waals surface area (Å²) in [5.41, 5.74) is -0.00565. The molecule has 7 nitrogen and oxygen atoms in total. The monoisotopic (exact) mass is 240 g/mol. The highest BCUT2D eigenvalue weighted by Crippen LogP contribution is 2.34. The molecule has 7 heteroatoms. The minimum absolute atomic E-state index is 0.205. The standard InChI is InChI=1S/C10H10NO6/c1-15-9-3-7(5-17-6-12)8(11(13)14)4-10(9)16-2/h3-4H,5H2,1-2H3. The van der Waals surface area contributed by atoms with Gasteiger partial charge in [0.2, 0.25) is 0 Å². The first kappa shape index (κ1) is 12.8. The first-order valence-corrected chi connectivity index (χ1v) is 4.52. The molecule has 1 aromatic rings. The van der Waals surface area contributed by atoms with E-state index in [0.29, 0.717) is 5.75 Å². The normalized spacial score (nSPS) is 9.53. The van der Waals surface area contributed by atoms with E-state index in [1.165, 1.54) is 32.8 Å².